The molecule has 8 nitrogen and oxygen atoms in total. The van der Waals surface area contributed by atoms with Crippen LogP contribution in [0.1, 0.15) is 12.5 Å². The van der Waals surface area contributed by atoms with E-state index in [-0.39, 0.29) is 18.0 Å². The largest absolute Gasteiger partial charge is 0.474 e. The number of nitro benzene ring substituents is 1. The third-order valence-electron chi connectivity index (χ3n) is 3.09. The predicted molar refractivity (Wildman–Crippen MR) is 73.0 cm³/mol. The Morgan fingerprint density at radius 2 is 2.24 bits per heavy atom. The van der Waals surface area contributed by atoms with E-state index in [1.165, 1.54) is 19.1 Å². The summed E-state index contributed by atoms with van der Waals surface area (Å²) in [7, 11) is 0. The predicted octanol–water partition coefficient (Wildman–Crippen LogP) is 1.22. The number of imide groups is 1. The monoisotopic (exact) mass is 293 g/mol. The highest BCUT2D eigenvalue weighted by atomic mass is 16.6. The second-order valence-electron chi connectivity index (χ2n) is 4.71. The second-order valence-corrected chi connectivity index (χ2v) is 4.71. The number of hydrogen-bond donors (Lipinski definition) is 1. The van der Waals surface area contributed by atoms with E-state index in [0.29, 0.717) is 12.1 Å². The molecule has 1 aliphatic rings. The topological polar surface area (TPSA) is 102 Å². The number of nitro groups is 1. The van der Waals surface area contributed by atoms with Crippen LogP contribution in [0.5, 0.6) is 5.75 Å². The summed E-state index contributed by atoms with van der Waals surface area (Å²) >= 11 is 0. The van der Waals surface area contributed by atoms with Crippen molar-refractivity contribution in [3.63, 3.8) is 0 Å². The van der Waals surface area contributed by atoms with Crippen molar-refractivity contribution < 1.29 is 19.2 Å². The van der Waals surface area contributed by atoms with E-state index in [1.807, 2.05) is 0 Å². The zero-order chi connectivity index (χ0) is 15.6. The molecule has 0 bridgehead atoms. The van der Waals surface area contributed by atoms with Gasteiger partial charge in [0.25, 0.3) is 5.91 Å². The van der Waals surface area contributed by atoms with Gasteiger partial charge >= 0.3 is 11.7 Å². The molecule has 3 amide bonds. The van der Waals surface area contributed by atoms with Crippen molar-refractivity contribution in [1.82, 2.24) is 10.2 Å². The Morgan fingerprint density at radius 1 is 1.52 bits per heavy atom. The van der Waals surface area contributed by atoms with Crippen molar-refractivity contribution in [2.24, 2.45) is 0 Å². The summed E-state index contributed by atoms with van der Waals surface area (Å²) in [5.74, 6) is -0.522. The van der Waals surface area contributed by atoms with Gasteiger partial charge in [0.2, 0.25) is 0 Å². The Kier molecular flexibility index (Phi) is 4.06. The molecule has 1 saturated heterocycles. The Labute approximate surface area is 120 Å². The highest BCUT2D eigenvalue weighted by Gasteiger charge is 2.31. The number of hydrogen-bond acceptors (Lipinski definition) is 5. The molecule has 0 aliphatic carbocycles. The van der Waals surface area contributed by atoms with E-state index in [4.69, 9.17) is 4.74 Å². The normalized spacial score (nSPS) is 15.5. The standard InChI is InChI=1S/C13H15N3O5/c1-8-3-4-11(10(7-8)16(19)20)21-9(2)12(17)15-6-5-14-13(15)18/h3-4,7,9H,5-6H2,1-2H3,(H,14,18)/t9-/m1/s1. The molecule has 1 atom stereocenters. The van der Waals surface area contributed by atoms with Gasteiger partial charge in [-0.1, -0.05) is 6.07 Å². The number of amides is 3. The lowest BCUT2D eigenvalue weighted by Gasteiger charge is -2.19. The molecule has 21 heavy (non-hydrogen) atoms. The molecule has 0 spiro atoms. The number of nitrogens with zero attached hydrogens (tertiary/aromatic N) is 2. The van der Waals surface area contributed by atoms with Crippen molar-refractivity contribution in [1.29, 1.82) is 0 Å². The first-order chi connectivity index (χ1) is 9.90. The lowest BCUT2D eigenvalue weighted by molar-refractivity contribution is -0.386. The molecule has 0 aromatic heterocycles. The Bertz CT molecular complexity index is 601. The highest BCUT2D eigenvalue weighted by molar-refractivity contribution is 5.97. The molecule has 2 rings (SSSR count). The summed E-state index contributed by atoms with van der Waals surface area (Å²) in [5, 5.41) is 13.5. The third kappa shape index (κ3) is 3.10. The van der Waals surface area contributed by atoms with E-state index in [0.717, 1.165) is 4.90 Å². The molecule has 112 valence electrons. The van der Waals surface area contributed by atoms with Crippen molar-refractivity contribution >= 4 is 17.6 Å². The molecule has 1 aromatic carbocycles. The quantitative estimate of drug-likeness (QED) is 0.664. The van der Waals surface area contributed by atoms with Crippen LogP contribution in [-0.2, 0) is 4.79 Å². The van der Waals surface area contributed by atoms with Gasteiger partial charge in [-0.25, -0.2) is 4.79 Å². The lowest BCUT2D eigenvalue weighted by atomic mass is 10.2. The Balaban J connectivity index is 2.16. The number of aryl methyl sites for hydroxylation is 1. The first-order valence-electron chi connectivity index (χ1n) is 6.41. The molecule has 0 radical (unpaired) electrons. The van der Waals surface area contributed by atoms with Gasteiger partial charge in [-0.2, -0.15) is 0 Å². The number of urea groups is 1. The van der Waals surface area contributed by atoms with Crippen LogP contribution in [0.25, 0.3) is 0 Å². The van der Waals surface area contributed by atoms with E-state index in [2.05, 4.69) is 5.32 Å². The van der Waals surface area contributed by atoms with Crippen molar-refractivity contribution in [3.8, 4) is 5.75 Å². The molecule has 0 unspecified atom stereocenters. The molecule has 1 N–H and O–H groups in total. The van der Waals surface area contributed by atoms with Crippen LogP contribution in [0.15, 0.2) is 18.2 Å². The van der Waals surface area contributed by atoms with Crippen molar-refractivity contribution in [3.05, 3.63) is 33.9 Å². The summed E-state index contributed by atoms with van der Waals surface area (Å²) < 4.78 is 5.37. The second kappa shape index (κ2) is 5.78. The number of carbonyl (C=O) groups is 2. The maximum atomic E-state index is 12.1. The molecule has 1 heterocycles. The van der Waals surface area contributed by atoms with Crippen molar-refractivity contribution in [2.75, 3.05) is 13.1 Å². The van der Waals surface area contributed by atoms with E-state index < -0.39 is 23.0 Å². The van der Waals surface area contributed by atoms with E-state index in [9.17, 15) is 19.7 Å². The summed E-state index contributed by atoms with van der Waals surface area (Å²) in [5.41, 5.74) is 0.507. The fourth-order valence-corrected chi connectivity index (χ4v) is 2.01. The minimum absolute atomic E-state index is 0.00561. The fraction of sp³-hybridized carbons (Fsp3) is 0.385. The minimum atomic E-state index is -0.991. The average Bonchev–Trinajstić information content (AvgIpc) is 2.85. The van der Waals surface area contributed by atoms with E-state index in [1.54, 1.807) is 13.0 Å². The van der Waals surface area contributed by atoms with Crippen LogP contribution < -0.4 is 10.1 Å². The van der Waals surface area contributed by atoms with Gasteiger partial charge in [0.15, 0.2) is 11.9 Å². The van der Waals surface area contributed by atoms with Crippen LogP contribution in [-0.4, -0.2) is 41.0 Å². The summed E-state index contributed by atoms with van der Waals surface area (Å²) in [6.45, 7) is 3.83. The van der Waals surface area contributed by atoms with Crippen molar-refractivity contribution in [2.45, 2.75) is 20.0 Å². The number of nitrogens with one attached hydrogen (secondary N) is 1. The maximum absolute atomic E-state index is 12.1. The molecule has 1 fully saturated rings. The van der Waals surface area contributed by atoms with Gasteiger partial charge in [-0.05, 0) is 25.5 Å². The van der Waals surface area contributed by atoms with Gasteiger partial charge in [0, 0.05) is 19.2 Å². The fourth-order valence-electron chi connectivity index (χ4n) is 2.01. The van der Waals surface area contributed by atoms with E-state index >= 15 is 0 Å². The Morgan fingerprint density at radius 3 is 2.81 bits per heavy atom. The lowest BCUT2D eigenvalue weighted by Crippen LogP contribution is -2.42. The zero-order valence-electron chi connectivity index (χ0n) is 11.7. The minimum Gasteiger partial charge on any atom is -0.474 e. The van der Waals surface area contributed by atoms with Crippen LogP contribution in [0.3, 0.4) is 0 Å². The summed E-state index contributed by atoms with van der Waals surface area (Å²) in [4.78, 5) is 35.0. The van der Waals surface area contributed by atoms with Crippen LogP contribution in [0, 0.1) is 17.0 Å². The number of carbonyl (C=O) groups excluding carboxylic acids is 2. The molecule has 1 aromatic rings. The Hall–Kier alpha value is -2.64. The van der Waals surface area contributed by atoms with Crippen LogP contribution in [0.4, 0.5) is 10.5 Å². The van der Waals surface area contributed by atoms with Gasteiger partial charge in [-0.15, -0.1) is 0 Å². The van der Waals surface area contributed by atoms with Gasteiger partial charge < -0.3 is 10.1 Å². The van der Waals surface area contributed by atoms with Gasteiger partial charge in [-0.3, -0.25) is 19.8 Å². The summed E-state index contributed by atoms with van der Waals surface area (Å²) in [6, 6.07) is 3.99. The molecular formula is C13H15N3O5. The SMILES string of the molecule is Cc1ccc(O[C@H](C)C(=O)N2CCNC2=O)c([N+](=O)[O-])c1. The maximum Gasteiger partial charge on any atom is 0.324 e. The van der Waals surface area contributed by atoms with Gasteiger partial charge in [0.1, 0.15) is 0 Å². The molecule has 8 heteroatoms. The third-order valence-corrected chi connectivity index (χ3v) is 3.09. The average molecular weight is 293 g/mol. The smallest absolute Gasteiger partial charge is 0.324 e. The van der Waals surface area contributed by atoms with Crippen LogP contribution >= 0.6 is 0 Å². The summed E-state index contributed by atoms with van der Waals surface area (Å²) in [6.07, 6.45) is -0.991. The first-order valence-corrected chi connectivity index (χ1v) is 6.41. The number of rotatable bonds is 4. The number of benzene rings is 1. The molecule has 0 saturated carbocycles. The first kappa shape index (κ1) is 14.8. The van der Waals surface area contributed by atoms with Crippen LogP contribution in [0.2, 0.25) is 0 Å². The zero-order valence-corrected chi connectivity index (χ0v) is 11.7. The molecule has 1 aliphatic heterocycles. The highest BCUT2D eigenvalue weighted by Crippen LogP contribution is 2.28. The number of ether oxygens (including phenoxy) is 1. The molecular weight excluding hydrogens is 278 g/mol. The van der Waals surface area contributed by atoms with Gasteiger partial charge in [0.05, 0.1) is 4.92 Å².